The average molecular weight is 264 g/mol. The second-order valence-corrected chi connectivity index (χ2v) is 5.34. The van der Waals surface area contributed by atoms with Crippen molar-refractivity contribution in [1.29, 1.82) is 0 Å². The summed E-state index contributed by atoms with van der Waals surface area (Å²) in [5.41, 5.74) is 2.41. The summed E-state index contributed by atoms with van der Waals surface area (Å²) in [6.45, 7) is 4.50. The Kier molecular flexibility index (Phi) is 3.47. The van der Waals surface area contributed by atoms with Gasteiger partial charge in [0.25, 0.3) is 0 Å². The van der Waals surface area contributed by atoms with E-state index in [4.69, 9.17) is 0 Å². The van der Waals surface area contributed by atoms with Crippen LogP contribution < -0.4 is 4.90 Å². The van der Waals surface area contributed by atoms with E-state index in [1.165, 1.54) is 0 Å². The molecule has 2 aromatic heterocycles. The summed E-state index contributed by atoms with van der Waals surface area (Å²) >= 11 is 1.63. The molecule has 0 atom stereocenters. The third kappa shape index (κ3) is 2.28. The van der Waals surface area contributed by atoms with Gasteiger partial charge in [-0.15, -0.1) is 11.3 Å². The van der Waals surface area contributed by atoms with Crippen LogP contribution in [0.1, 0.15) is 26.8 Å². The van der Waals surface area contributed by atoms with Crippen molar-refractivity contribution in [2.45, 2.75) is 20.4 Å². The SMILES string of the molecule is Cc1nc(CN(C)c2c(C=O)c(C)nn2C)cs1. The summed E-state index contributed by atoms with van der Waals surface area (Å²) in [4.78, 5) is 17.6. The van der Waals surface area contributed by atoms with Gasteiger partial charge in [0, 0.05) is 19.5 Å². The number of carbonyl (C=O) groups is 1. The van der Waals surface area contributed by atoms with Crippen molar-refractivity contribution in [1.82, 2.24) is 14.8 Å². The Hall–Kier alpha value is -1.69. The molecule has 2 aromatic rings. The zero-order chi connectivity index (χ0) is 13.3. The van der Waals surface area contributed by atoms with E-state index in [0.29, 0.717) is 12.1 Å². The zero-order valence-corrected chi connectivity index (χ0v) is 11.8. The molecule has 0 aliphatic rings. The third-order valence-corrected chi connectivity index (χ3v) is 3.60. The molecule has 2 heterocycles. The van der Waals surface area contributed by atoms with E-state index in [9.17, 15) is 4.79 Å². The fourth-order valence-electron chi connectivity index (χ4n) is 2.05. The minimum atomic E-state index is 0.645. The van der Waals surface area contributed by atoms with Gasteiger partial charge >= 0.3 is 0 Å². The van der Waals surface area contributed by atoms with E-state index >= 15 is 0 Å². The van der Waals surface area contributed by atoms with Crippen molar-refractivity contribution in [2.75, 3.05) is 11.9 Å². The van der Waals surface area contributed by atoms with Gasteiger partial charge in [0.1, 0.15) is 5.82 Å². The molecule has 0 fully saturated rings. The highest BCUT2D eigenvalue weighted by atomic mass is 32.1. The minimum absolute atomic E-state index is 0.645. The second-order valence-electron chi connectivity index (χ2n) is 4.28. The summed E-state index contributed by atoms with van der Waals surface area (Å²) in [6, 6.07) is 0. The second kappa shape index (κ2) is 4.89. The number of anilines is 1. The van der Waals surface area contributed by atoms with Gasteiger partial charge in [-0.1, -0.05) is 0 Å². The minimum Gasteiger partial charge on any atom is -0.353 e. The van der Waals surface area contributed by atoms with Gasteiger partial charge in [-0.05, 0) is 13.8 Å². The molecule has 0 aromatic carbocycles. The summed E-state index contributed by atoms with van der Waals surface area (Å²) in [5, 5.41) is 7.36. The van der Waals surface area contributed by atoms with Crippen molar-refractivity contribution in [3.05, 3.63) is 27.3 Å². The predicted octanol–water partition coefficient (Wildman–Crippen LogP) is 1.94. The van der Waals surface area contributed by atoms with Gasteiger partial charge in [0.2, 0.25) is 0 Å². The van der Waals surface area contributed by atoms with Crippen molar-refractivity contribution < 1.29 is 4.79 Å². The number of thiazole rings is 1. The quantitative estimate of drug-likeness (QED) is 0.792. The molecular weight excluding hydrogens is 248 g/mol. The Morgan fingerprint density at radius 3 is 2.78 bits per heavy atom. The number of hydrogen-bond donors (Lipinski definition) is 0. The van der Waals surface area contributed by atoms with E-state index in [-0.39, 0.29) is 0 Å². The number of aromatic nitrogens is 3. The lowest BCUT2D eigenvalue weighted by atomic mass is 10.2. The molecule has 0 saturated carbocycles. The van der Waals surface area contributed by atoms with E-state index < -0.39 is 0 Å². The first-order valence-electron chi connectivity index (χ1n) is 5.64. The van der Waals surface area contributed by atoms with Crippen LogP contribution in [0.25, 0.3) is 0 Å². The predicted molar refractivity (Wildman–Crippen MR) is 72.3 cm³/mol. The van der Waals surface area contributed by atoms with Crippen molar-refractivity contribution in [3.63, 3.8) is 0 Å². The molecular formula is C12H16N4OS. The smallest absolute Gasteiger partial charge is 0.155 e. The van der Waals surface area contributed by atoms with Crippen LogP contribution in [0.2, 0.25) is 0 Å². The van der Waals surface area contributed by atoms with Gasteiger partial charge in [-0.2, -0.15) is 5.10 Å². The van der Waals surface area contributed by atoms with Gasteiger partial charge < -0.3 is 4.90 Å². The van der Waals surface area contributed by atoms with E-state index in [2.05, 4.69) is 10.1 Å². The number of aldehydes is 1. The first-order chi connectivity index (χ1) is 8.52. The van der Waals surface area contributed by atoms with Crippen LogP contribution in [0.5, 0.6) is 0 Å². The van der Waals surface area contributed by atoms with Crippen LogP contribution in [0, 0.1) is 13.8 Å². The lowest BCUT2D eigenvalue weighted by molar-refractivity contribution is 0.112. The lowest BCUT2D eigenvalue weighted by Crippen LogP contribution is -2.20. The van der Waals surface area contributed by atoms with Crippen LogP contribution in [0.15, 0.2) is 5.38 Å². The normalized spacial score (nSPS) is 10.7. The Bertz CT molecular complexity index is 573. The Morgan fingerprint density at radius 1 is 1.50 bits per heavy atom. The van der Waals surface area contributed by atoms with Gasteiger partial charge in [0.05, 0.1) is 28.5 Å². The van der Waals surface area contributed by atoms with Crippen LogP contribution in [-0.2, 0) is 13.6 Å². The molecule has 0 amide bonds. The van der Waals surface area contributed by atoms with E-state index in [1.54, 1.807) is 16.0 Å². The van der Waals surface area contributed by atoms with Gasteiger partial charge in [-0.25, -0.2) is 4.98 Å². The Labute approximate surface area is 110 Å². The van der Waals surface area contributed by atoms with Crippen LogP contribution in [0.3, 0.4) is 0 Å². The first-order valence-corrected chi connectivity index (χ1v) is 6.51. The number of aryl methyl sites for hydroxylation is 3. The van der Waals surface area contributed by atoms with Crippen molar-refractivity contribution >= 4 is 23.4 Å². The van der Waals surface area contributed by atoms with Crippen LogP contribution >= 0.6 is 11.3 Å². The summed E-state index contributed by atoms with van der Waals surface area (Å²) in [7, 11) is 3.79. The molecule has 0 spiro atoms. The van der Waals surface area contributed by atoms with Gasteiger partial charge in [0.15, 0.2) is 6.29 Å². The van der Waals surface area contributed by atoms with Crippen LogP contribution in [-0.4, -0.2) is 28.1 Å². The maximum atomic E-state index is 11.1. The standard InChI is InChI=1S/C12H16N4OS/c1-8-11(6-17)12(16(4)14-8)15(3)5-10-7-18-9(2)13-10/h6-7H,5H2,1-4H3. The molecule has 0 aliphatic carbocycles. The van der Waals surface area contributed by atoms with Crippen LogP contribution in [0.4, 0.5) is 5.82 Å². The molecule has 0 radical (unpaired) electrons. The fraction of sp³-hybridized carbons (Fsp3) is 0.417. The Balaban J connectivity index is 2.28. The highest BCUT2D eigenvalue weighted by molar-refractivity contribution is 7.09. The largest absolute Gasteiger partial charge is 0.353 e. The summed E-state index contributed by atoms with van der Waals surface area (Å²) in [6.07, 6.45) is 0.862. The number of nitrogens with zero attached hydrogens (tertiary/aromatic N) is 4. The molecule has 0 bridgehead atoms. The monoisotopic (exact) mass is 264 g/mol. The van der Waals surface area contributed by atoms with Crippen molar-refractivity contribution in [2.24, 2.45) is 7.05 Å². The van der Waals surface area contributed by atoms with Gasteiger partial charge in [-0.3, -0.25) is 9.48 Å². The highest BCUT2D eigenvalue weighted by Crippen LogP contribution is 2.22. The Morgan fingerprint density at radius 2 is 2.22 bits per heavy atom. The molecule has 0 unspecified atom stereocenters. The molecule has 0 saturated heterocycles. The molecule has 0 aliphatic heterocycles. The maximum Gasteiger partial charge on any atom is 0.155 e. The molecule has 96 valence electrons. The summed E-state index contributed by atoms with van der Waals surface area (Å²) < 4.78 is 1.73. The summed E-state index contributed by atoms with van der Waals surface area (Å²) in [5.74, 6) is 0.827. The molecule has 5 nitrogen and oxygen atoms in total. The molecule has 0 N–H and O–H groups in total. The van der Waals surface area contributed by atoms with E-state index in [1.807, 2.05) is 38.2 Å². The molecule has 2 rings (SSSR count). The fourth-order valence-corrected chi connectivity index (χ4v) is 2.66. The molecule has 6 heteroatoms. The topological polar surface area (TPSA) is 51.0 Å². The number of hydrogen-bond acceptors (Lipinski definition) is 5. The molecule has 18 heavy (non-hydrogen) atoms. The third-order valence-electron chi connectivity index (χ3n) is 2.78. The zero-order valence-electron chi connectivity index (χ0n) is 11.0. The first kappa shape index (κ1) is 12.8. The highest BCUT2D eigenvalue weighted by Gasteiger charge is 2.17. The maximum absolute atomic E-state index is 11.1. The number of carbonyl (C=O) groups excluding carboxylic acids is 1. The number of rotatable bonds is 4. The van der Waals surface area contributed by atoms with E-state index in [0.717, 1.165) is 28.5 Å². The lowest BCUT2D eigenvalue weighted by Gasteiger charge is -2.18. The van der Waals surface area contributed by atoms with Crippen molar-refractivity contribution in [3.8, 4) is 0 Å². The average Bonchev–Trinajstić information content (AvgIpc) is 2.82.